The zero-order chi connectivity index (χ0) is 30.4. The van der Waals surface area contributed by atoms with E-state index >= 15 is 0 Å². The predicted molar refractivity (Wildman–Crippen MR) is 172 cm³/mol. The van der Waals surface area contributed by atoms with E-state index in [1.807, 2.05) is 72.8 Å². The highest BCUT2D eigenvalue weighted by molar-refractivity contribution is 7.92. The van der Waals surface area contributed by atoms with E-state index in [4.69, 9.17) is 11.6 Å². The SMILES string of the molecule is CS(=O)(=O)N(CC(=O)N(Cc1ccccc1Cl)[C@@H](Cc1ccccc1)C(=O)NC1CCCC1)c1cccc2ccccc12. The Labute approximate surface area is 258 Å². The van der Waals surface area contributed by atoms with Crippen LogP contribution < -0.4 is 9.62 Å². The van der Waals surface area contributed by atoms with Crippen LogP contribution in [0, 0.1) is 0 Å². The molecule has 0 spiro atoms. The van der Waals surface area contributed by atoms with E-state index in [1.165, 1.54) is 4.90 Å². The first-order chi connectivity index (χ1) is 20.7. The summed E-state index contributed by atoms with van der Waals surface area (Å²) in [6, 6.07) is 28.7. The van der Waals surface area contributed by atoms with Gasteiger partial charge in [-0.3, -0.25) is 13.9 Å². The Bertz CT molecular complexity index is 1690. The molecule has 4 aromatic carbocycles. The molecular weight excluding hydrogens is 582 g/mol. The number of nitrogens with one attached hydrogen (secondary N) is 1. The van der Waals surface area contributed by atoms with Crippen LogP contribution in [0.4, 0.5) is 5.69 Å². The smallest absolute Gasteiger partial charge is 0.244 e. The lowest BCUT2D eigenvalue weighted by Crippen LogP contribution is -2.54. The van der Waals surface area contributed by atoms with Crippen LogP contribution in [0.25, 0.3) is 10.8 Å². The van der Waals surface area contributed by atoms with Crippen molar-refractivity contribution >= 4 is 49.9 Å². The van der Waals surface area contributed by atoms with E-state index in [-0.39, 0.29) is 24.9 Å². The molecule has 1 aliphatic rings. The second-order valence-electron chi connectivity index (χ2n) is 11.1. The Kier molecular flexibility index (Phi) is 9.68. The number of hydrogen-bond donors (Lipinski definition) is 1. The number of carbonyl (C=O) groups is 2. The van der Waals surface area contributed by atoms with E-state index in [0.717, 1.165) is 47.2 Å². The van der Waals surface area contributed by atoms with Crippen LogP contribution in [-0.2, 0) is 32.6 Å². The van der Waals surface area contributed by atoms with Gasteiger partial charge in [0.15, 0.2) is 0 Å². The molecular formula is C34H36ClN3O4S. The Morgan fingerprint density at radius 2 is 1.53 bits per heavy atom. The Morgan fingerprint density at radius 1 is 0.884 bits per heavy atom. The minimum absolute atomic E-state index is 0.0429. The molecule has 1 aliphatic carbocycles. The number of anilines is 1. The van der Waals surface area contributed by atoms with Crippen molar-refractivity contribution in [1.29, 1.82) is 0 Å². The summed E-state index contributed by atoms with van der Waals surface area (Å²) in [6.45, 7) is -0.430. The summed E-state index contributed by atoms with van der Waals surface area (Å²) in [6.07, 6.45) is 5.24. The van der Waals surface area contributed by atoms with Gasteiger partial charge in [0.05, 0.1) is 11.9 Å². The van der Waals surface area contributed by atoms with Gasteiger partial charge in [-0.15, -0.1) is 0 Å². The third-order valence-corrected chi connectivity index (χ3v) is 9.48. The van der Waals surface area contributed by atoms with Gasteiger partial charge in [-0.2, -0.15) is 0 Å². The molecule has 224 valence electrons. The van der Waals surface area contributed by atoms with Gasteiger partial charge in [0, 0.05) is 29.4 Å². The van der Waals surface area contributed by atoms with E-state index in [2.05, 4.69) is 5.32 Å². The monoisotopic (exact) mass is 617 g/mol. The zero-order valence-electron chi connectivity index (χ0n) is 24.2. The second-order valence-corrected chi connectivity index (χ2v) is 13.4. The number of hydrogen-bond acceptors (Lipinski definition) is 4. The van der Waals surface area contributed by atoms with Gasteiger partial charge in [-0.05, 0) is 41.5 Å². The van der Waals surface area contributed by atoms with Crippen LogP contribution in [0.1, 0.15) is 36.8 Å². The topological polar surface area (TPSA) is 86.8 Å². The van der Waals surface area contributed by atoms with Crippen LogP contribution in [0.2, 0.25) is 5.02 Å². The fourth-order valence-electron chi connectivity index (χ4n) is 5.75. The third-order valence-electron chi connectivity index (χ3n) is 7.99. The van der Waals surface area contributed by atoms with Crippen LogP contribution in [0.3, 0.4) is 0 Å². The third kappa shape index (κ3) is 7.56. The van der Waals surface area contributed by atoms with E-state index in [9.17, 15) is 18.0 Å². The Hall–Kier alpha value is -3.88. The molecule has 2 amide bonds. The van der Waals surface area contributed by atoms with E-state index in [1.54, 1.807) is 24.3 Å². The highest BCUT2D eigenvalue weighted by atomic mass is 35.5. The lowest BCUT2D eigenvalue weighted by atomic mass is 10.0. The molecule has 43 heavy (non-hydrogen) atoms. The number of sulfonamides is 1. The lowest BCUT2D eigenvalue weighted by molar-refractivity contribution is -0.140. The van der Waals surface area contributed by atoms with E-state index < -0.39 is 28.5 Å². The zero-order valence-corrected chi connectivity index (χ0v) is 25.7. The summed E-state index contributed by atoms with van der Waals surface area (Å²) in [4.78, 5) is 29.9. The van der Waals surface area contributed by atoms with Crippen molar-refractivity contribution in [3.8, 4) is 0 Å². The first-order valence-electron chi connectivity index (χ1n) is 14.5. The molecule has 0 unspecified atom stereocenters. The number of fused-ring (bicyclic) bond motifs is 1. The Morgan fingerprint density at radius 3 is 2.26 bits per heavy atom. The van der Waals surface area contributed by atoms with Crippen LogP contribution in [0.5, 0.6) is 0 Å². The van der Waals surface area contributed by atoms with Crippen molar-refractivity contribution < 1.29 is 18.0 Å². The number of rotatable bonds is 11. The van der Waals surface area contributed by atoms with Gasteiger partial charge in [-0.1, -0.05) is 109 Å². The van der Waals surface area contributed by atoms with Crippen LogP contribution in [0.15, 0.2) is 97.1 Å². The van der Waals surface area contributed by atoms with Crippen molar-refractivity contribution in [2.24, 2.45) is 0 Å². The average molecular weight is 618 g/mol. The first-order valence-corrected chi connectivity index (χ1v) is 16.8. The molecule has 0 bridgehead atoms. The van der Waals surface area contributed by atoms with Gasteiger partial charge in [0.2, 0.25) is 21.8 Å². The average Bonchev–Trinajstić information content (AvgIpc) is 3.51. The molecule has 5 rings (SSSR count). The fraction of sp³-hybridized carbons (Fsp3) is 0.294. The maximum absolute atomic E-state index is 14.4. The second kappa shape index (κ2) is 13.6. The summed E-state index contributed by atoms with van der Waals surface area (Å²) in [7, 11) is -3.88. The molecule has 1 saturated carbocycles. The van der Waals surface area contributed by atoms with Crippen molar-refractivity contribution in [2.45, 2.75) is 50.7 Å². The van der Waals surface area contributed by atoms with Gasteiger partial charge in [0.1, 0.15) is 12.6 Å². The molecule has 1 atom stereocenters. The minimum Gasteiger partial charge on any atom is -0.352 e. The Balaban J connectivity index is 1.55. The standard InChI is InChI=1S/C34H36ClN3O4S/c1-43(41,42)38(31-21-11-16-26-14-5-9-19-29(26)31)24-33(39)37(23-27-15-6-10-20-30(27)35)32(22-25-12-3-2-4-13-25)34(40)36-28-17-7-8-18-28/h2-6,9-16,19-21,28,32H,7-8,17-18,22-24H2,1H3,(H,36,40)/t32-/m0/s1. The molecule has 1 fully saturated rings. The summed E-state index contributed by atoms with van der Waals surface area (Å²) >= 11 is 6.55. The molecule has 0 radical (unpaired) electrons. The van der Waals surface area contributed by atoms with Crippen LogP contribution >= 0.6 is 11.6 Å². The molecule has 9 heteroatoms. The highest BCUT2D eigenvalue weighted by Crippen LogP contribution is 2.29. The summed E-state index contributed by atoms with van der Waals surface area (Å²) < 4.78 is 27.6. The molecule has 0 heterocycles. The van der Waals surface area contributed by atoms with Crippen molar-refractivity contribution in [3.63, 3.8) is 0 Å². The molecule has 4 aromatic rings. The summed E-state index contributed by atoms with van der Waals surface area (Å²) in [5.41, 5.74) is 1.96. The number of benzene rings is 4. The van der Waals surface area contributed by atoms with Crippen molar-refractivity contribution in [1.82, 2.24) is 10.2 Å². The highest BCUT2D eigenvalue weighted by Gasteiger charge is 2.34. The van der Waals surface area contributed by atoms with Crippen molar-refractivity contribution in [3.05, 3.63) is 113 Å². The summed E-state index contributed by atoms with van der Waals surface area (Å²) in [5, 5.41) is 5.20. The first kappa shape index (κ1) is 30.6. The quantitative estimate of drug-likeness (QED) is 0.225. The molecule has 0 aromatic heterocycles. The number of halogens is 1. The fourth-order valence-corrected chi connectivity index (χ4v) is 6.81. The summed E-state index contributed by atoms with van der Waals surface area (Å²) in [5.74, 6) is -0.756. The molecule has 0 aliphatic heterocycles. The molecule has 7 nitrogen and oxygen atoms in total. The van der Waals surface area contributed by atoms with Gasteiger partial charge in [0.25, 0.3) is 0 Å². The van der Waals surface area contributed by atoms with Crippen LogP contribution in [-0.4, -0.2) is 50.0 Å². The van der Waals surface area contributed by atoms with Gasteiger partial charge >= 0.3 is 0 Å². The molecule has 1 N–H and O–H groups in total. The molecule has 0 saturated heterocycles. The number of carbonyl (C=O) groups excluding carboxylic acids is 2. The normalized spacial score (nSPS) is 14.4. The lowest BCUT2D eigenvalue weighted by Gasteiger charge is -2.34. The minimum atomic E-state index is -3.88. The number of amides is 2. The number of nitrogens with zero attached hydrogens (tertiary/aromatic N) is 2. The van der Waals surface area contributed by atoms with Crippen molar-refractivity contribution in [2.75, 3.05) is 17.1 Å². The van der Waals surface area contributed by atoms with Gasteiger partial charge < -0.3 is 10.2 Å². The largest absolute Gasteiger partial charge is 0.352 e. The maximum atomic E-state index is 14.4. The maximum Gasteiger partial charge on any atom is 0.244 e. The van der Waals surface area contributed by atoms with E-state index in [0.29, 0.717) is 21.7 Å². The predicted octanol–water partition coefficient (Wildman–Crippen LogP) is 5.96. The van der Waals surface area contributed by atoms with Gasteiger partial charge in [-0.25, -0.2) is 8.42 Å².